The zero-order chi connectivity index (χ0) is 16.9. The zero-order valence-corrected chi connectivity index (χ0v) is 14.7. The molecule has 0 unspecified atom stereocenters. The summed E-state index contributed by atoms with van der Waals surface area (Å²) in [7, 11) is 1.67. The first-order chi connectivity index (χ1) is 11.7. The summed E-state index contributed by atoms with van der Waals surface area (Å²) in [6.07, 6.45) is 5.79. The lowest BCUT2D eigenvalue weighted by Crippen LogP contribution is -2.47. The Hall–Kier alpha value is -1.47. The second kappa shape index (κ2) is 8.07. The molecule has 7 heteroatoms. The van der Waals surface area contributed by atoms with Gasteiger partial charge < -0.3 is 14.2 Å². The van der Waals surface area contributed by atoms with Gasteiger partial charge in [0.1, 0.15) is 0 Å². The Morgan fingerprint density at radius 1 is 1.29 bits per heavy atom. The maximum absolute atomic E-state index is 12.2. The van der Waals surface area contributed by atoms with Crippen LogP contribution in [0.1, 0.15) is 50.7 Å². The van der Waals surface area contributed by atoms with Crippen molar-refractivity contribution in [3.63, 3.8) is 0 Å². The molecule has 0 saturated carbocycles. The van der Waals surface area contributed by atoms with E-state index in [-0.39, 0.29) is 5.91 Å². The van der Waals surface area contributed by atoms with Crippen LogP contribution in [0.5, 0.6) is 0 Å². The van der Waals surface area contributed by atoms with Crippen molar-refractivity contribution in [2.24, 2.45) is 0 Å². The average Bonchev–Trinajstić information content (AvgIpc) is 3.32. The molecule has 2 fully saturated rings. The number of nitrogens with zero attached hydrogens (tertiary/aromatic N) is 4. The normalized spacial score (nSPS) is 24.8. The van der Waals surface area contributed by atoms with Crippen molar-refractivity contribution in [3.8, 4) is 0 Å². The molecule has 0 bridgehead atoms. The van der Waals surface area contributed by atoms with Crippen LogP contribution in [0.15, 0.2) is 4.52 Å². The first-order valence-electron chi connectivity index (χ1n) is 9.06. The van der Waals surface area contributed by atoms with Gasteiger partial charge in [-0.1, -0.05) is 12.1 Å². The maximum Gasteiger partial charge on any atom is 0.240 e. The van der Waals surface area contributed by atoms with E-state index < -0.39 is 0 Å². The molecule has 1 aromatic heterocycles. The Bertz CT molecular complexity index is 548. The standard InChI is InChI=1S/C17H28N4O3/c1-3-17(22)21-10-5-7-14(21)13-6-4-9-20(13)12-16-18-15(19-24-16)8-11-23-2/h13-14H,3-12H2,1-2H3/t13-,14+/m1/s1. The number of carbonyl (C=O) groups is 1. The van der Waals surface area contributed by atoms with Gasteiger partial charge in [0, 0.05) is 38.6 Å². The van der Waals surface area contributed by atoms with Crippen LogP contribution in [0.25, 0.3) is 0 Å². The van der Waals surface area contributed by atoms with Gasteiger partial charge in [0.25, 0.3) is 0 Å². The third kappa shape index (κ3) is 3.78. The predicted molar refractivity (Wildman–Crippen MR) is 88.3 cm³/mol. The molecule has 2 saturated heterocycles. The summed E-state index contributed by atoms with van der Waals surface area (Å²) < 4.78 is 10.4. The lowest BCUT2D eigenvalue weighted by molar-refractivity contribution is -0.132. The van der Waals surface area contributed by atoms with Gasteiger partial charge in [-0.2, -0.15) is 4.98 Å². The van der Waals surface area contributed by atoms with Gasteiger partial charge in [0.15, 0.2) is 5.82 Å². The topological polar surface area (TPSA) is 71.7 Å². The van der Waals surface area contributed by atoms with Crippen LogP contribution in [0.4, 0.5) is 0 Å². The summed E-state index contributed by atoms with van der Waals surface area (Å²) >= 11 is 0. The van der Waals surface area contributed by atoms with Crippen LogP contribution < -0.4 is 0 Å². The lowest BCUT2D eigenvalue weighted by atomic mass is 10.0. The van der Waals surface area contributed by atoms with Crippen molar-refractivity contribution >= 4 is 5.91 Å². The molecular weight excluding hydrogens is 308 g/mol. The number of aromatic nitrogens is 2. The highest BCUT2D eigenvalue weighted by molar-refractivity contribution is 5.76. The van der Waals surface area contributed by atoms with Crippen molar-refractivity contribution in [2.75, 3.05) is 26.8 Å². The van der Waals surface area contributed by atoms with E-state index >= 15 is 0 Å². The van der Waals surface area contributed by atoms with Crippen LogP contribution in [0, 0.1) is 0 Å². The number of hydrogen-bond donors (Lipinski definition) is 0. The second-order valence-corrected chi connectivity index (χ2v) is 6.68. The molecule has 0 radical (unpaired) electrons. The molecule has 2 atom stereocenters. The number of likely N-dealkylation sites (tertiary alicyclic amines) is 2. The van der Waals surface area contributed by atoms with E-state index in [1.807, 2.05) is 6.92 Å². The van der Waals surface area contributed by atoms with Gasteiger partial charge in [-0.05, 0) is 32.2 Å². The Labute approximate surface area is 143 Å². The summed E-state index contributed by atoms with van der Waals surface area (Å²) in [6, 6.07) is 0.758. The van der Waals surface area contributed by atoms with Crippen LogP contribution in [-0.4, -0.2) is 64.7 Å². The molecule has 3 heterocycles. The van der Waals surface area contributed by atoms with E-state index in [9.17, 15) is 4.79 Å². The Balaban J connectivity index is 1.63. The summed E-state index contributed by atoms with van der Waals surface area (Å²) in [5, 5.41) is 4.02. The number of methoxy groups -OCH3 is 1. The van der Waals surface area contributed by atoms with Gasteiger partial charge in [0.2, 0.25) is 11.8 Å². The maximum atomic E-state index is 12.2. The number of hydrogen-bond acceptors (Lipinski definition) is 6. The van der Waals surface area contributed by atoms with Crippen LogP contribution in [0.3, 0.4) is 0 Å². The Morgan fingerprint density at radius 3 is 2.88 bits per heavy atom. The number of ether oxygens (including phenoxy) is 1. The van der Waals surface area contributed by atoms with Gasteiger partial charge in [-0.3, -0.25) is 9.69 Å². The molecule has 0 aliphatic carbocycles. The fourth-order valence-electron chi connectivity index (χ4n) is 4.01. The second-order valence-electron chi connectivity index (χ2n) is 6.68. The highest BCUT2D eigenvalue weighted by atomic mass is 16.5. The van der Waals surface area contributed by atoms with Crippen molar-refractivity contribution < 1.29 is 14.1 Å². The average molecular weight is 336 g/mol. The van der Waals surface area contributed by atoms with Crippen LogP contribution >= 0.6 is 0 Å². The summed E-state index contributed by atoms with van der Waals surface area (Å²) in [5.41, 5.74) is 0. The molecule has 1 amide bonds. The molecular formula is C17H28N4O3. The third-order valence-electron chi connectivity index (χ3n) is 5.16. The van der Waals surface area contributed by atoms with Crippen molar-refractivity contribution in [2.45, 2.75) is 64.1 Å². The monoisotopic (exact) mass is 336 g/mol. The number of rotatable bonds is 7. The van der Waals surface area contributed by atoms with E-state index in [1.165, 1.54) is 6.42 Å². The van der Waals surface area contributed by atoms with E-state index in [1.54, 1.807) is 7.11 Å². The fraction of sp³-hybridized carbons (Fsp3) is 0.824. The highest BCUT2D eigenvalue weighted by Gasteiger charge is 2.39. The summed E-state index contributed by atoms with van der Waals surface area (Å²) in [6.45, 7) is 5.16. The molecule has 7 nitrogen and oxygen atoms in total. The smallest absolute Gasteiger partial charge is 0.240 e. The van der Waals surface area contributed by atoms with Gasteiger partial charge in [-0.15, -0.1) is 0 Å². The number of amides is 1. The Kier molecular flexibility index (Phi) is 5.84. The van der Waals surface area contributed by atoms with E-state index in [2.05, 4.69) is 19.9 Å². The van der Waals surface area contributed by atoms with E-state index in [0.29, 0.717) is 49.8 Å². The lowest BCUT2D eigenvalue weighted by Gasteiger charge is -2.34. The minimum atomic E-state index is 0.281. The third-order valence-corrected chi connectivity index (χ3v) is 5.16. The van der Waals surface area contributed by atoms with Crippen LogP contribution in [0.2, 0.25) is 0 Å². The largest absolute Gasteiger partial charge is 0.384 e. The fourth-order valence-corrected chi connectivity index (χ4v) is 4.01. The Morgan fingerprint density at radius 2 is 2.08 bits per heavy atom. The van der Waals surface area contributed by atoms with Gasteiger partial charge in [-0.25, -0.2) is 0 Å². The van der Waals surface area contributed by atoms with Crippen molar-refractivity contribution in [1.29, 1.82) is 0 Å². The molecule has 24 heavy (non-hydrogen) atoms. The SMILES string of the molecule is CCC(=O)N1CCC[C@H]1[C@H]1CCCN1Cc1nc(CCOC)no1. The molecule has 0 aromatic carbocycles. The predicted octanol–water partition coefficient (Wildman–Crippen LogP) is 1.62. The molecule has 3 rings (SSSR count). The summed E-state index contributed by atoms with van der Waals surface area (Å²) in [5.74, 6) is 1.65. The first kappa shape index (κ1) is 17.4. The minimum Gasteiger partial charge on any atom is -0.384 e. The van der Waals surface area contributed by atoms with Gasteiger partial charge >= 0.3 is 0 Å². The highest BCUT2D eigenvalue weighted by Crippen LogP contribution is 2.31. The zero-order valence-electron chi connectivity index (χ0n) is 14.7. The molecule has 134 valence electrons. The van der Waals surface area contributed by atoms with E-state index in [4.69, 9.17) is 9.26 Å². The minimum absolute atomic E-state index is 0.281. The molecule has 2 aliphatic rings. The summed E-state index contributed by atoms with van der Waals surface area (Å²) in [4.78, 5) is 21.2. The quantitative estimate of drug-likeness (QED) is 0.753. The molecule has 2 aliphatic heterocycles. The molecule has 0 spiro atoms. The first-order valence-corrected chi connectivity index (χ1v) is 9.06. The number of carbonyl (C=O) groups excluding carboxylic acids is 1. The van der Waals surface area contributed by atoms with Crippen LogP contribution in [-0.2, 0) is 22.5 Å². The molecule has 1 aromatic rings. The van der Waals surface area contributed by atoms with Crippen molar-refractivity contribution in [3.05, 3.63) is 11.7 Å². The van der Waals surface area contributed by atoms with Crippen molar-refractivity contribution in [1.82, 2.24) is 19.9 Å². The van der Waals surface area contributed by atoms with Gasteiger partial charge in [0.05, 0.1) is 13.2 Å². The van der Waals surface area contributed by atoms with E-state index in [0.717, 1.165) is 32.4 Å². The molecule has 0 N–H and O–H groups in total.